The lowest BCUT2D eigenvalue weighted by atomic mass is 10.1. The van der Waals surface area contributed by atoms with E-state index in [-0.39, 0.29) is 11.8 Å². The molecule has 0 spiro atoms. The molecule has 0 saturated carbocycles. The molecule has 146 valence electrons. The number of anilines is 1. The van der Waals surface area contributed by atoms with Gasteiger partial charge in [-0.1, -0.05) is 16.5 Å². The minimum Gasteiger partial charge on any atom is -0.361 e. The van der Waals surface area contributed by atoms with Crippen molar-refractivity contribution in [1.82, 2.24) is 15.0 Å². The van der Waals surface area contributed by atoms with E-state index in [0.717, 1.165) is 27.6 Å². The number of hydrogen-bond donors (Lipinski definition) is 1. The van der Waals surface area contributed by atoms with E-state index in [2.05, 4.69) is 15.5 Å². The molecule has 4 rings (SSSR count). The molecule has 1 aliphatic heterocycles. The number of fused-ring (bicyclic) bond motifs is 1. The zero-order valence-corrected chi connectivity index (χ0v) is 17.3. The van der Waals surface area contributed by atoms with Crippen LogP contribution in [0.2, 0.25) is 0 Å². The Morgan fingerprint density at radius 1 is 1.36 bits per heavy atom. The monoisotopic (exact) mass is 416 g/mol. The molecule has 28 heavy (non-hydrogen) atoms. The van der Waals surface area contributed by atoms with Crippen molar-refractivity contribution in [3.8, 4) is 0 Å². The van der Waals surface area contributed by atoms with Gasteiger partial charge in [0.25, 0.3) is 5.91 Å². The smallest absolute Gasteiger partial charge is 0.258 e. The van der Waals surface area contributed by atoms with Crippen molar-refractivity contribution in [2.75, 3.05) is 11.9 Å². The van der Waals surface area contributed by atoms with Crippen LogP contribution in [-0.2, 0) is 24.2 Å². The minimum absolute atomic E-state index is 0.114. The van der Waals surface area contributed by atoms with Crippen LogP contribution in [0.15, 0.2) is 21.3 Å². The first-order valence-corrected chi connectivity index (χ1v) is 10.8. The Morgan fingerprint density at radius 2 is 2.21 bits per heavy atom. The van der Waals surface area contributed by atoms with E-state index in [0.29, 0.717) is 43.0 Å². The Bertz CT molecular complexity index is 987. The first-order chi connectivity index (χ1) is 13.5. The van der Waals surface area contributed by atoms with Gasteiger partial charge in [0.05, 0.1) is 23.5 Å². The maximum absolute atomic E-state index is 12.7. The van der Waals surface area contributed by atoms with Gasteiger partial charge in [-0.2, -0.15) is 11.3 Å². The predicted octanol–water partition coefficient (Wildman–Crippen LogP) is 3.58. The molecule has 7 nitrogen and oxygen atoms in total. The third-order valence-corrected chi connectivity index (χ3v) is 6.54. The fraction of sp³-hybridized carbons (Fsp3) is 0.368. The number of nitrogens with one attached hydrogen (secondary N) is 1. The van der Waals surface area contributed by atoms with E-state index in [9.17, 15) is 9.59 Å². The van der Waals surface area contributed by atoms with Crippen LogP contribution in [0.25, 0.3) is 0 Å². The molecule has 0 atom stereocenters. The zero-order chi connectivity index (χ0) is 19.7. The molecule has 0 unspecified atom stereocenters. The lowest BCUT2D eigenvalue weighted by Gasteiger charge is -2.26. The fourth-order valence-corrected chi connectivity index (χ4v) is 4.93. The second-order valence-electron chi connectivity index (χ2n) is 6.72. The van der Waals surface area contributed by atoms with Crippen LogP contribution in [-0.4, -0.2) is 33.4 Å². The van der Waals surface area contributed by atoms with E-state index in [1.54, 1.807) is 6.07 Å². The quantitative estimate of drug-likeness (QED) is 0.687. The van der Waals surface area contributed by atoms with Gasteiger partial charge in [-0.15, -0.1) is 0 Å². The molecular weight excluding hydrogens is 396 g/mol. The summed E-state index contributed by atoms with van der Waals surface area (Å²) in [6.45, 7) is 4.96. The highest BCUT2D eigenvalue weighted by Crippen LogP contribution is 2.29. The summed E-state index contributed by atoms with van der Waals surface area (Å²) in [7, 11) is 0. The number of aromatic nitrogens is 2. The van der Waals surface area contributed by atoms with Gasteiger partial charge in [0, 0.05) is 35.2 Å². The van der Waals surface area contributed by atoms with Crippen LogP contribution in [0, 0.1) is 13.8 Å². The number of thiazole rings is 1. The SMILES string of the molecule is Cc1noc(C)c1CCC(=O)N1CCc2nc(NC(=O)c3ccsc3)sc2C1. The Hall–Kier alpha value is -2.52. The minimum atomic E-state index is -0.153. The highest BCUT2D eigenvalue weighted by Gasteiger charge is 2.25. The Morgan fingerprint density at radius 3 is 2.93 bits per heavy atom. The Balaban J connectivity index is 1.37. The highest BCUT2D eigenvalue weighted by molar-refractivity contribution is 7.16. The van der Waals surface area contributed by atoms with Crippen molar-refractivity contribution in [2.45, 2.75) is 39.7 Å². The van der Waals surface area contributed by atoms with Crippen molar-refractivity contribution in [3.05, 3.63) is 50.0 Å². The maximum atomic E-state index is 12.7. The van der Waals surface area contributed by atoms with Gasteiger partial charge in [-0.05, 0) is 31.7 Å². The summed E-state index contributed by atoms with van der Waals surface area (Å²) in [6.07, 6.45) is 1.77. The molecule has 3 aromatic heterocycles. The molecule has 1 aliphatic rings. The van der Waals surface area contributed by atoms with E-state index in [1.807, 2.05) is 29.5 Å². The Labute approximate surface area is 170 Å². The summed E-state index contributed by atoms with van der Waals surface area (Å²) in [5.74, 6) is 0.738. The Kier molecular flexibility index (Phi) is 5.27. The largest absolute Gasteiger partial charge is 0.361 e. The summed E-state index contributed by atoms with van der Waals surface area (Å²) < 4.78 is 5.17. The molecule has 9 heteroatoms. The first kappa shape index (κ1) is 18.8. The number of amides is 2. The van der Waals surface area contributed by atoms with Gasteiger partial charge in [-0.25, -0.2) is 4.98 Å². The standard InChI is InChI=1S/C19H20N4O3S2/c1-11-14(12(2)26-22-11)3-4-17(24)23-7-5-15-16(9-23)28-19(20-15)21-18(25)13-6-8-27-10-13/h6,8,10H,3-5,7,9H2,1-2H3,(H,20,21,25). The molecule has 0 fully saturated rings. The number of thiophene rings is 1. The van der Waals surface area contributed by atoms with Crippen molar-refractivity contribution in [2.24, 2.45) is 0 Å². The van der Waals surface area contributed by atoms with Crippen molar-refractivity contribution in [1.29, 1.82) is 0 Å². The number of rotatable bonds is 5. The molecule has 0 radical (unpaired) electrons. The number of hydrogen-bond acceptors (Lipinski definition) is 7. The normalized spacial score (nSPS) is 13.4. The highest BCUT2D eigenvalue weighted by atomic mass is 32.1. The second kappa shape index (κ2) is 7.84. The lowest BCUT2D eigenvalue weighted by Crippen LogP contribution is -2.35. The van der Waals surface area contributed by atoms with Crippen LogP contribution in [0.3, 0.4) is 0 Å². The van der Waals surface area contributed by atoms with Gasteiger partial charge in [0.2, 0.25) is 5.91 Å². The van der Waals surface area contributed by atoms with Gasteiger partial charge >= 0.3 is 0 Å². The van der Waals surface area contributed by atoms with Crippen LogP contribution in [0.5, 0.6) is 0 Å². The lowest BCUT2D eigenvalue weighted by molar-refractivity contribution is -0.132. The summed E-state index contributed by atoms with van der Waals surface area (Å²) >= 11 is 2.93. The predicted molar refractivity (Wildman–Crippen MR) is 108 cm³/mol. The third-order valence-electron chi connectivity index (χ3n) is 4.86. The number of carbonyl (C=O) groups is 2. The van der Waals surface area contributed by atoms with Crippen LogP contribution >= 0.6 is 22.7 Å². The summed E-state index contributed by atoms with van der Waals surface area (Å²) in [5, 5.41) is 11.1. The average molecular weight is 417 g/mol. The fourth-order valence-electron chi connectivity index (χ4n) is 3.27. The molecule has 0 saturated heterocycles. The van der Waals surface area contributed by atoms with E-state index in [1.165, 1.54) is 22.7 Å². The van der Waals surface area contributed by atoms with E-state index < -0.39 is 0 Å². The molecule has 0 aromatic carbocycles. The summed E-state index contributed by atoms with van der Waals surface area (Å²) in [5.41, 5.74) is 3.47. The first-order valence-electron chi connectivity index (χ1n) is 9.03. The zero-order valence-electron chi connectivity index (χ0n) is 15.7. The van der Waals surface area contributed by atoms with Gasteiger partial charge in [-0.3, -0.25) is 14.9 Å². The molecule has 2 amide bonds. The van der Waals surface area contributed by atoms with Crippen molar-refractivity contribution >= 4 is 39.6 Å². The van der Waals surface area contributed by atoms with Gasteiger partial charge < -0.3 is 9.42 Å². The van der Waals surface area contributed by atoms with Crippen molar-refractivity contribution in [3.63, 3.8) is 0 Å². The second-order valence-corrected chi connectivity index (χ2v) is 8.59. The number of nitrogens with zero attached hydrogens (tertiary/aromatic N) is 3. The topological polar surface area (TPSA) is 88.3 Å². The van der Waals surface area contributed by atoms with E-state index >= 15 is 0 Å². The van der Waals surface area contributed by atoms with E-state index in [4.69, 9.17) is 4.52 Å². The van der Waals surface area contributed by atoms with Gasteiger partial charge in [0.1, 0.15) is 5.76 Å². The summed E-state index contributed by atoms with van der Waals surface area (Å²) in [4.78, 5) is 32.3. The molecule has 0 aliphatic carbocycles. The summed E-state index contributed by atoms with van der Waals surface area (Å²) in [6, 6.07) is 1.78. The molecule has 0 bridgehead atoms. The third kappa shape index (κ3) is 3.85. The molecule has 3 aromatic rings. The molecular formula is C19H20N4O3S2. The van der Waals surface area contributed by atoms with Gasteiger partial charge in [0.15, 0.2) is 5.13 Å². The molecule has 1 N–H and O–H groups in total. The van der Waals surface area contributed by atoms with Crippen LogP contribution < -0.4 is 5.32 Å². The number of carbonyl (C=O) groups excluding carboxylic acids is 2. The van der Waals surface area contributed by atoms with Crippen LogP contribution in [0.1, 0.15) is 44.4 Å². The molecule has 4 heterocycles. The maximum Gasteiger partial charge on any atom is 0.258 e. The van der Waals surface area contributed by atoms with Crippen molar-refractivity contribution < 1.29 is 14.1 Å². The average Bonchev–Trinajstić information content (AvgIpc) is 3.40. The van der Waals surface area contributed by atoms with Crippen LogP contribution in [0.4, 0.5) is 5.13 Å². The number of aryl methyl sites for hydroxylation is 2.